The van der Waals surface area contributed by atoms with Gasteiger partial charge in [0.15, 0.2) is 0 Å². The SMILES string of the molecule is Cc1[nH]ncc1C(=O)Nc1c(Cl)cc(F)cc1Cl. The quantitative estimate of drug-likeness (QED) is 0.889. The predicted molar refractivity (Wildman–Crippen MR) is 67.7 cm³/mol. The van der Waals surface area contributed by atoms with Crippen molar-refractivity contribution in [3.05, 3.63) is 45.4 Å². The molecule has 1 aromatic heterocycles. The summed E-state index contributed by atoms with van der Waals surface area (Å²) in [7, 11) is 0. The number of benzene rings is 1. The maximum absolute atomic E-state index is 13.0. The largest absolute Gasteiger partial charge is 0.319 e. The number of aromatic amines is 1. The van der Waals surface area contributed by atoms with E-state index in [1.807, 2.05) is 0 Å². The molecular weight excluding hydrogens is 280 g/mol. The molecule has 0 aliphatic heterocycles. The molecule has 18 heavy (non-hydrogen) atoms. The Balaban J connectivity index is 2.31. The minimum absolute atomic E-state index is 0.0366. The first-order valence-electron chi connectivity index (χ1n) is 4.95. The fourth-order valence-corrected chi connectivity index (χ4v) is 1.98. The lowest BCUT2D eigenvalue weighted by molar-refractivity contribution is 0.102. The van der Waals surface area contributed by atoms with Crippen LogP contribution in [-0.2, 0) is 0 Å². The molecule has 2 N–H and O–H groups in total. The number of hydrogen-bond donors (Lipinski definition) is 2. The number of rotatable bonds is 2. The van der Waals surface area contributed by atoms with Gasteiger partial charge in [-0.3, -0.25) is 9.89 Å². The van der Waals surface area contributed by atoms with Crippen LogP contribution in [0.25, 0.3) is 0 Å². The van der Waals surface area contributed by atoms with Gasteiger partial charge in [-0.2, -0.15) is 5.10 Å². The molecule has 0 spiro atoms. The number of anilines is 1. The monoisotopic (exact) mass is 287 g/mol. The van der Waals surface area contributed by atoms with Crippen LogP contribution in [0.5, 0.6) is 0 Å². The van der Waals surface area contributed by atoms with Crippen LogP contribution in [0.4, 0.5) is 10.1 Å². The minimum atomic E-state index is -0.567. The zero-order valence-electron chi connectivity index (χ0n) is 9.22. The van der Waals surface area contributed by atoms with E-state index < -0.39 is 11.7 Å². The van der Waals surface area contributed by atoms with Gasteiger partial charge < -0.3 is 5.32 Å². The normalized spacial score (nSPS) is 10.4. The molecular formula is C11H8Cl2FN3O. The van der Waals surface area contributed by atoms with Crippen LogP contribution in [-0.4, -0.2) is 16.1 Å². The lowest BCUT2D eigenvalue weighted by Gasteiger charge is -2.08. The maximum Gasteiger partial charge on any atom is 0.259 e. The summed E-state index contributed by atoms with van der Waals surface area (Å²) in [6.07, 6.45) is 1.38. The molecule has 0 bridgehead atoms. The summed E-state index contributed by atoms with van der Waals surface area (Å²) in [5.74, 6) is -0.987. The van der Waals surface area contributed by atoms with E-state index in [2.05, 4.69) is 15.5 Å². The van der Waals surface area contributed by atoms with Gasteiger partial charge in [0.2, 0.25) is 0 Å². The van der Waals surface area contributed by atoms with Crippen LogP contribution < -0.4 is 5.32 Å². The summed E-state index contributed by atoms with van der Waals surface area (Å²) in [6.45, 7) is 1.70. The van der Waals surface area contributed by atoms with Gasteiger partial charge >= 0.3 is 0 Å². The molecule has 4 nitrogen and oxygen atoms in total. The molecule has 0 atom stereocenters. The van der Waals surface area contributed by atoms with E-state index in [1.54, 1.807) is 6.92 Å². The van der Waals surface area contributed by atoms with Gasteiger partial charge in [-0.15, -0.1) is 0 Å². The Morgan fingerprint density at radius 2 is 2.00 bits per heavy atom. The van der Waals surface area contributed by atoms with Crippen molar-refractivity contribution in [3.63, 3.8) is 0 Å². The fourth-order valence-electron chi connectivity index (χ4n) is 1.42. The highest BCUT2D eigenvalue weighted by Gasteiger charge is 2.15. The highest BCUT2D eigenvalue weighted by molar-refractivity contribution is 6.40. The van der Waals surface area contributed by atoms with E-state index >= 15 is 0 Å². The Hall–Kier alpha value is -1.59. The van der Waals surface area contributed by atoms with Crippen LogP contribution in [0, 0.1) is 12.7 Å². The first-order valence-corrected chi connectivity index (χ1v) is 5.70. The molecule has 0 saturated carbocycles. The van der Waals surface area contributed by atoms with E-state index in [9.17, 15) is 9.18 Å². The number of carbonyl (C=O) groups excluding carboxylic acids is 1. The maximum atomic E-state index is 13.0. The summed E-state index contributed by atoms with van der Waals surface area (Å²) in [5.41, 5.74) is 1.15. The summed E-state index contributed by atoms with van der Waals surface area (Å²) >= 11 is 11.6. The number of halogens is 3. The fraction of sp³-hybridized carbons (Fsp3) is 0.0909. The molecule has 1 amide bonds. The van der Waals surface area contributed by atoms with Crippen molar-refractivity contribution in [3.8, 4) is 0 Å². The number of aryl methyl sites for hydroxylation is 1. The van der Waals surface area contributed by atoms with Crippen LogP contribution in [0.1, 0.15) is 16.1 Å². The second-order valence-corrected chi connectivity index (χ2v) is 4.42. The molecule has 94 valence electrons. The zero-order chi connectivity index (χ0) is 13.3. The molecule has 0 unspecified atom stereocenters. The van der Waals surface area contributed by atoms with E-state index in [4.69, 9.17) is 23.2 Å². The number of aromatic nitrogens is 2. The number of hydrogen-bond acceptors (Lipinski definition) is 2. The smallest absolute Gasteiger partial charge is 0.259 e. The van der Waals surface area contributed by atoms with Crippen molar-refractivity contribution in [2.45, 2.75) is 6.92 Å². The molecule has 0 fully saturated rings. The second kappa shape index (κ2) is 4.96. The lowest BCUT2D eigenvalue weighted by Crippen LogP contribution is -2.13. The van der Waals surface area contributed by atoms with Crippen molar-refractivity contribution in [2.24, 2.45) is 0 Å². The van der Waals surface area contributed by atoms with Crippen LogP contribution >= 0.6 is 23.2 Å². The number of amides is 1. The van der Waals surface area contributed by atoms with Crippen LogP contribution in [0.15, 0.2) is 18.3 Å². The predicted octanol–water partition coefficient (Wildman–Crippen LogP) is 3.42. The highest BCUT2D eigenvalue weighted by atomic mass is 35.5. The van der Waals surface area contributed by atoms with Gasteiger partial charge in [-0.1, -0.05) is 23.2 Å². The Morgan fingerprint density at radius 1 is 1.39 bits per heavy atom. The molecule has 0 aliphatic rings. The Kier molecular flexibility index (Phi) is 3.54. The third kappa shape index (κ3) is 2.47. The molecule has 1 heterocycles. The van der Waals surface area contributed by atoms with Crippen LogP contribution in [0.2, 0.25) is 10.0 Å². The summed E-state index contributed by atoms with van der Waals surface area (Å²) in [6, 6.07) is 2.15. The van der Waals surface area contributed by atoms with Crippen molar-refractivity contribution < 1.29 is 9.18 Å². The average Bonchev–Trinajstić information content (AvgIpc) is 2.69. The van der Waals surface area contributed by atoms with Crippen molar-refractivity contribution in [1.29, 1.82) is 0 Å². The van der Waals surface area contributed by atoms with Crippen molar-refractivity contribution in [1.82, 2.24) is 10.2 Å². The standard InChI is InChI=1S/C11H8Cl2FN3O/c1-5-7(4-15-17-5)11(18)16-10-8(12)2-6(14)3-9(10)13/h2-4H,1H3,(H,15,17)(H,16,18). The lowest BCUT2D eigenvalue weighted by atomic mass is 10.2. The number of H-pyrrole nitrogens is 1. The van der Waals surface area contributed by atoms with E-state index in [1.165, 1.54) is 6.20 Å². The third-order valence-electron chi connectivity index (χ3n) is 2.32. The van der Waals surface area contributed by atoms with Gasteiger partial charge in [0.25, 0.3) is 5.91 Å². The van der Waals surface area contributed by atoms with Crippen LogP contribution in [0.3, 0.4) is 0 Å². The molecule has 0 radical (unpaired) electrons. The van der Waals surface area contributed by atoms with E-state index in [0.29, 0.717) is 11.3 Å². The summed E-state index contributed by atoms with van der Waals surface area (Å²) in [4.78, 5) is 11.9. The summed E-state index contributed by atoms with van der Waals surface area (Å²) < 4.78 is 13.0. The molecule has 1 aromatic carbocycles. The zero-order valence-corrected chi connectivity index (χ0v) is 10.7. The van der Waals surface area contributed by atoms with Crippen molar-refractivity contribution in [2.75, 3.05) is 5.32 Å². The molecule has 0 saturated heterocycles. The second-order valence-electron chi connectivity index (χ2n) is 3.61. The van der Waals surface area contributed by atoms with E-state index in [0.717, 1.165) is 12.1 Å². The van der Waals surface area contributed by atoms with Gasteiger partial charge in [0.05, 0.1) is 27.5 Å². The Labute approximate surface area is 112 Å². The summed E-state index contributed by atoms with van der Waals surface area (Å²) in [5, 5.41) is 8.96. The first kappa shape index (κ1) is 12.9. The Morgan fingerprint density at radius 3 is 2.50 bits per heavy atom. The van der Waals surface area contributed by atoms with E-state index in [-0.39, 0.29) is 15.7 Å². The third-order valence-corrected chi connectivity index (χ3v) is 2.92. The van der Waals surface area contributed by atoms with Gasteiger partial charge in [-0.05, 0) is 19.1 Å². The van der Waals surface area contributed by atoms with Gasteiger partial charge in [0, 0.05) is 5.69 Å². The Bertz CT molecular complexity index is 589. The highest BCUT2D eigenvalue weighted by Crippen LogP contribution is 2.31. The average molecular weight is 288 g/mol. The number of nitrogens with zero attached hydrogens (tertiary/aromatic N) is 1. The van der Waals surface area contributed by atoms with Gasteiger partial charge in [0.1, 0.15) is 5.82 Å². The number of carbonyl (C=O) groups is 1. The van der Waals surface area contributed by atoms with Gasteiger partial charge in [-0.25, -0.2) is 4.39 Å². The number of nitrogens with one attached hydrogen (secondary N) is 2. The molecule has 0 aliphatic carbocycles. The topological polar surface area (TPSA) is 57.8 Å². The molecule has 2 aromatic rings. The first-order chi connectivity index (χ1) is 8.49. The molecule has 2 rings (SSSR count). The van der Waals surface area contributed by atoms with Crippen molar-refractivity contribution >= 4 is 34.8 Å². The molecule has 7 heteroatoms. The minimum Gasteiger partial charge on any atom is -0.319 e.